The second kappa shape index (κ2) is 6.54. The average Bonchev–Trinajstić information content (AvgIpc) is 2.90. The first kappa shape index (κ1) is 15.7. The number of rotatable bonds is 4. The van der Waals surface area contributed by atoms with Crippen LogP contribution in [0.1, 0.15) is 34.8 Å². The van der Waals surface area contributed by atoms with Crippen LogP contribution in [0.25, 0.3) is 0 Å². The summed E-state index contributed by atoms with van der Waals surface area (Å²) in [4.78, 5) is 14.5. The summed E-state index contributed by atoms with van der Waals surface area (Å²) in [5.74, 6) is 0.0989. The van der Waals surface area contributed by atoms with Gasteiger partial charge in [-0.3, -0.25) is 9.48 Å². The first-order valence-electron chi connectivity index (χ1n) is 8.07. The van der Waals surface area contributed by atoms with Crippen molar-refractivity contribution in [2.45, 2.75) is 32.2 Å². The number of carbonyl (C=O) groups excluding carboxylic acids is 1. The number of hydrogen-bond donors (Lipinski definition) is 1. The predicted octanol–water partition coefficient (Wildman–Crippen LogP) is 1.78. The van der Waals surface area contributed by atoms with Gasteiger partial charge in [-0.05, 0) is 36.5 Å². The van der Waals surface area contributed by atoms with E-state index >= 15 is 0 Å². The summed E-state index contributed by atoms with van der Waals surface area (Å²) in [6.07, 6.45) is 3.82. The molecule has 0 aliphatic carbocycles. The van der Waals surface area contributed by atoms with Crippen molar-refractivity contribution in [1.82, 2.24) is 14.7 Å². The molecule has 5 heteroatoms. The van der Waals surface area contributed by atoms with E-state index in [1.165, 1.54) is 5.56 Å². The predicted molar refractivity (Wildman–Crippen MR) is 88.0 cm³/mol. The maximum absolute atomic E-state index is 12.7. The van der Waals surface area contributed by atoms with Crippen molar-refractivity contribution in [3.8, 4) is 0 Å². The number of benzene rings is 1. The fourth-order valence-electron chi connectivity index (χ4n) is 3.32. The van der Waals surface area contributed by atoms with Gasteiger partial charge in [0.15, 0.2) is 0 Å². The average molecular weight is 313 g/mol. The smallest absolute Gasteiger partial charge is 0.223 e. The Morgan fingerprint density at radius 1 is 1.39 bits per heavy atom. The highest BCUT2D eigenvalue weighted by Crippen LogP contribution is 2.30. The van der Waals surface area contributed by atoms with Gasteiger partial charge >= 0.3 is 0 Å². The fraction of sp³-hybridized carbons (Fsp3) is 0.444. The number of hydrogen-bond acceptors (Lipinski definition) is 3. The molecule has 1 aliphatic rings. The minimum Gasteiger partial charge on any atom is -0.394 e. The van der Waals surface area contributed by atoms with Crippen LogP contribution in [0.2, 0.25) is 0 Å². The molecule has 1 N–H and O–H groups in total. The normalized spacial score (nSPS) is 17.2. The second-order valence-electron chi connectivity index (χ2n) is 6.11. The van der Waals surface area contributed by atoms with Gasteiger partial charge in [-0.1, -0.05) is 24.3 Å². The zero-order valence-corrected chi connectivity index (χ0v) is 13.7. The van der Waals surface area contributed by atoms with E-state index in [1.54, 1.807) is 0 Å². The number of amides is 1. The summed E-state index contributed by atoms with van der Waals surface area (Å²) in [6.45, 7) is 2.66. The lowest BCUT2D eigenvalue weighted by atomic mass is 9.92. The molecule has 0 radical (unpaired) electrons. The van der Waals surface area contributed by atoms with Gasteiger partial charge in [0.1, 0.15) is 0 Å². The van der Waals surface area contributed by atoms with E-state index in [9.17, 15) is 9.90 Å². The lowest BCUT2D eigenvalue weighted by Gasteiger charge is -2.36. The van der Waals surface area contributed by atoms with Gasteiger partial charge in [0.05, 0.1) is 18.8 Å². The molecule has 2 heterocycles. The molecule has 5 nitrogen and oxygen atoms in total. The van der Waals surface area contributed by atoms with E-state index in [4.69, 9.17) is 0 Å². The van der Waals surface area contributed by atoms with Crippen molar-refractivity contribution < 1.29 is 9.90 Å². The van der Waals surface area contributed by atoms with E-state index in [0.29, 0.717) is 19.4 Å². The molecule has 1 aromatic carbocycles. The Hall–Kier alpha value is -2.14. The first-order chi connectivity index (χ1) is 11.1. The molecule has 0 saturated heterocycles. The van der Waals surface area contributed by atoms with Crippen molar-refractivity contribution in [2.75, 3.05) is 13.2 Å². The summed E-state index contributed by atoms with van der Waals surface area (Å²) in [5.41, 5.74) is 4.52. The van der Waals surface area contributed by atoms with E-state index in [2.05, 4.69) is 11.2 Å². The third-order valence-electron chi connectivity index (χ3n) is 4.85. The largest absolute Gasteiger partial charge is 0.394 e. The highest BCUT2D eigenvalue weighted by atomic mass is 16.3. The molecule has 1 unspecified atom stereocenters. The number of fused-ring (bicyclic) bond motifs is 1. The Labute approximate surface area is 136 Å². The molecule has 0 spiro atoms. The van der Waals surface area contributed by atoms with Crippen LogP contribution < -0.4 is 0 Å². The fourth-order valence-corrected chi connectivity index (χ4v) is 3.32. The monoisotopic (exact) mass is 313 g/mol. The molecule has 1 amide bonds. The van der Waals surface area contributed by atoms with Crippen molar-refractivity contribution in [3.05, 3.63) is 52.8 Å². The Morgan fingerprint density at radius 3 is 2.87 bits per heavy atom. The molecule has 1 aromatic heterocycles. The molecule has 0 fully saturated rings. The van der Waals surface area contributed by atoms with Crippen LogP contribution in [0, 0.1) is 6.92 Å². The Morgan fingerprint density at radius 2 is 2.17 bits per heavy atom. The molecule has 3 rings (SSSR count). The van der Waals surface area contributed by atoms with E-state index in [-0.39, 0.29) is 18.6 Å². The standard InChI is InChI=1S/C18H23N3O2/c1-13-15(11-19-20(13)2)7-8-18(23)21-10-9-14-5-3-4-6-16(14)17(21)12-22/h3-6,11,17,22H,7-10,12H2,1-2H3. The lowest BCUT2D eigenvalue weighted by Crippen LogP contribution is -2.41. The zero-order valence-electron chi connectivity index (χ0n) is 13.7. The molecular formula is C18H23N3O2. The maximum atomic E-state index is 12.7. The molecule has 2 aromatic rings. The molecule has 122 valence electrons. The van der Waals surface area contributed by atoms with Crippen LogP contribution in [-0.2, 0) is 24.7 Å². The quantitative estimate of drug-likeness (QED) is 0.936. The van der Waals surface area contributed by atoms with Crippen LogP contribution in [0.5, 0.6) is 0 Å². The van der Waals surface area contributed by atoms with Gasteiger partial charge in [0.25, 0.3) is 0 Å². The topological polar surface area (TPSA) is 58.4 Å². The number of aliphatic hydroxyl groups excluding tert-OH is 1. The van der Waals surface area contributed by atoms with Crippen molar-refractivity contribution in [1.29, 1.82) is 0 Å². The van der Waals surface area contributed by atoms with Gasteiger partial charge in [0.2, 0.25) is 5.91 Å². The van der Waals surface area contributed by atoms with Crippen molar-refractivity contribution in [2.24, 2.45) is 7.05 Å². The van der Waals surface area contributed by atoms with Crippen LogP contribution in [0.4, 0.5) is 0 Å². The van der Waals surface area contributed by atoms with Crippen LogP contribution in [0.15, 0.2) is 30.5 Å². The second-order valence-corrected chi connectivity index (χ2v) is 6.11. The maximum Gasteiger partial charge on any atom is 0.223 e. The van der Waals surface area contributed by atoms with Gasteiger partial charge < -0.3 is 10.0 Å². The van der Waals surface area contributed by atoms with E-state index in [1.807, 2.05) is 47.9 Å². The van der Waals surface area contributed by atoms with Gasteiger partial charge in [-0.2, -0.15) is 5.10 Å². The van der Waals surface area contributed by atoms with E-state index < -0.39 is 0 Å². The molecule has 1 atom stereocenters. The Bertz CT molecular complexity index is 708. The van der Waals surface area contributed by atoms with E-state index in [0.717, 1.165) is 23.2 Å². The Kier molecular flexibility index (Phi) is 4.48. The molecule has 0 bridgehead atoms. The third-order valence-corrected chi connectivity index (χ3v) is 4.85. The molecular weight excluding hydrogens is 290 g/mol. The van der Waals surface area contributed by atoms with Crippen molar-refractivity contribution >= 4 is 5.91 Å². The molecule has 1 aliphatic heterocycles. The SMILES string of the molecule is Cc1c(CCC(=O)N2CCc3ccccc3C2CO)cnn1C. The summed E-state index contributed by atoms with van der Waals surface area (Å²) < 4.78 is 1.83. The summed E-state index contributed by atoms with van der Waals surface area (Å²) in [7, 11) is 1.91. The number of aliphatic hydroxyl groups is 1. The Balaban J connectivity index is 1.71. The van der Waals surface area contributed by atoms with Crippen molar-refractivity contribution in [3.63, 3.8) is 0 Å². The summed E-state index contributed by atoms with van der Waals surface area (Å²) >= 11 is 0. The highest BCUT2D eigenvalue weighted by Gasteiger charge is 2.29. The number of carbonyl (C=O) groups is 1. The highest BCUT2D eigenvalue weighted by molar-refractivity contribution is 5.77. The third kappa shape index (κ3) is 3.01. The number of nitrogens with zero attached hydrogens (tertiary/aromatic N) is 3. The summed E-state index contributed by atoms with van der Waals surface area (Å²) in [6, 6.07) is 7.85. The van der Waals surface area contributed by atoms with Crippen LogP contribution in [0.3, 0.4) is 0 Å². The van der Waals surface area contributed by atoms with Gasteiger partial charge in [-0.15, -0.1) is 0 Å². The molecule has 0 saturated carbocycles. The summed E-state index contributed by atoms with van der Waals surface area (Å²) in [5, 5.41) is 14.0. The number of aromatic nitrogens is 2. The van der Waals surface area contributed by atoms with Crippen LogP contribution in [-0.4, -0.2) is 38.8 Å². The number of aryl methyl sites for hydroxylation is 2. The lowest BCUT2D eigenvalue weighted by molar-refractivity contribution is -0.135. The van der Waals surface area contributed by atoms with Gasteiger partial charge in [0, 0.05) is 25.7 Å². The first-order valence-corrected chi connectivity index (χ1v) is 8.07. The minimum absolute atomic E-state index is 0.0331. The van der Waals surface area contributed by atoms with Crippen LogP contribution >= 0.6 is 0 Å². The minimum atomic E-state index is -0.220. The zero-order chi connectivity index (χ0) is 16.4. The molecule has 23 heavy (non-hydrogen) atoms. The van der Waals surface area contributed by atoms with Gasteiger partial charge in [-0.25, -0.2) is 0 Å².